The molecule has 182 valence electrons. The van der Waals surface area contributed by atoms with E-state index in [-0.39, 0.29) is 17.0 Å². The topological polar surface area (TPSA) is 125 Å². The minimum Gasteiger partial charge on any atom is -0.324 e. The first kappa shape index (κ1) is 21.7. The molecule has 0 saturated heterocycles. The predicted octanol–water partition coefficient (Wildman–Crippen LogP) is 5.56. The number of fused-ring (bicyclic) bond motifs is 2. The van der Waals surface area contributed by atoms with E-state index in [0.717, 1.165) is 57.6 Å². The van der Waals surface area contributed by atoms with Crippen LogP contribution in [0.1, 0.15) is 19.3 Å². The van der Waals surface area contributed by atoms with Gasteiger partial charge in [0, 0.05) is 46.1 Å². The summed E-state index contributed by atoms with van der Waals surface area (Å²) in [6.45, 7) is 0. The fourth-order valence-corrected chi connectivity index (χ4v) is 5.26. The Hall–Kier alpha value is -4.51. The molecule has 0 spiro atoms. The SMILES string of the molecule is O=C(Nc1cncc(-c2cnc3[nH]nc(-c4nc5c(-c6ccc(F)s6)ccnc5[nH]4)c3c2)c1)C1CCC1. The van der Waals surface area contributed by atoms with Crippen LogP contribution in [0.2, 0.25) is 0 Å². The number of halogens is 1. The van der Waals surface area contributed by atoms with Crippen molar-refractivity contribution in [2.75, 3.05) is 5.32 Å². The molecule has 37 heavy (non-hydrogen) atoms. The zero-order chi connectivity index (χ0) is 24.9. The first-order valence-corrected chi connectivity index (χ1v) is 12.7. The van der Waals surface area contributed by atoms with Gasteiger partial charge in [0.1, 0.15) is 11.2 Å². The van der Waals surface area contributed by atoms with Crippen molar-refractivity contribution >= 4 is 45.1 Å². The van der Waals surface area contributed by atoms with Crippen LogP contribution in [0.5, 0.6) is 0 Å². The first-order valence-electron chi connectivity index (χ1n) is 11.8. The van der Waals surface area contributed by atoms with E-state index in [1.807, 2.05) is 18.2 Å². The number of amides is 1. The van der Waals surface area contributed by atoms with E-state index in [9.17, 15) is 9.18 Å². The van der Waals surface area contributed by atoms with Crippen LogP contribution in [-0.4, -0.2) is 41.0 Å². The number of thiophene rings is 1. The highest BCUT2D eigenvalue weighted by atomic mass is 32.1. The largest absolute Gasteiger partial charge is 0.324 e. The van der Waals surface area contributed by atoms with Crippen molar-refractivity contribution < 1.29 is 9.18 Å². The fraction of sp³-hybridized carbons (Fsp3) is 0.154. The summed E-state index contributed by atoms with van der Waals surface area (Å²) >= 11 is 1.06. The smallest absolute Gasteiger partial charge is 0.227 e. The molecule has 0 radical (unpaired) electrons. The Kier molecular flexibility index (Phi) is 5.03. The zero-order valence-corrected chi connectivity index (χ0v) is 20.1. The molecule has 9 nitrogen and oxygen atoms in total. The van der Waals surface area contributed by atoms with E-state index in [1.165, 1.54) is 6.07 Å². The number of aromatic nitrogens is 7. The van der Waals surface area contributed by atoms with Crippen molar-refractivity contribution in [3.05, 3.63) is 60.3 Å². The predicted molar refractivity (Wildman–Crippen MR) is 139 cm³/mol. The number of carbonyl (C=O) groups is 1. The molecule has 0 aromatic carbocycles. The third kappa shape index (κ3) is 3.84. The number of nitrogens with zero attached hydrogens (tertiary/aromatic N) is 5. The second kappa shape index (κ2) is 8.56. The lowest BCUT2D eigenvalue weighted by Gasteiger charge is -2.24. The second-order valence-corrected chi connectivity index (χ2v) is 10.1. The molecule has 3 N–H and O–H groups in total. The number of aromatic amines is 2. The molecule has 1 aliphatic carbocycles. The average molecular weight is 511 g/mol. The summed E-state index contributed by atoms with van der Waals surface area (Å²) in [4.78, 5) is 34.4. The van der Waals surface area contributed by atoms with Crippen LogP contribution in [0.3, 0.4) is 0 Å². The highest BCUT2D eigenvalue weighted by Crippen LogP contribution is 2.34. The number of pyridine rings is 3. The Balaban J connectivity index is 1.26. The van der Waals surface area contributed by atoms with E-state index in [0.29, 0.717) is 34.0 Å². The van der Waals surface area contributed by atoms with Gasteiger partial charge in [-0.05, 0) is 43.2 Å². The number of carbonyl (C=O) groups excluding carboxylic acids is 1. The minimum absolute atomic E-state index is 0.0408. The highest BCUT2D eigenvalue weighted by Gasteiger charge is 2.25. The highest BCUT2D eigenvalue weighted by molar-refractivity contribution is 7.14. The molecule has 6 heterocycles. The Bertz CT molecular complexity index is 1800. The minimum atomic E-state index is -0.256. The Morgan fingerprint density at radius 3 is 2.76 bits per heavy atom. The van der Waals surface area contributed by atoms with Gasteiger partial charge >= 0.3 is 0 Å². The standard InChI is InChI=1S/C26H19FN8OS/c27-20-5-4-19(37-20)17-6-7-29-24-21(17)32-25(33-24)22-18-9-15(11-30-23(18)35-34-22)14-8-16(12-28-10-14)31-26(36)13-2-1-3-13/h4-13H,1-3H2,(H,31,36)(H,29,32,33)(H,30,34,35). The van der Waals surface area contributed by atoms with Gasteiger partial charge in [-0.3, -0.25) is 14.9 Å². The van der Waals surface area contributed by atoms with Crippen LogP contribution in [0.15, 0.2) is 55.1 Å². The van der Waals surface area contributed by atoms with Crippen LogP contribution in [0.4, 0.5) is 10.1 Å². The molecular weight excluding hydrogens is 491 g/mol. The second-order valence-electron chi connectivity index (χ2n) is 9.02. The van der Waals surface area contributed by atoms with E-state index in [1.54, 1.807) is 30.9 Å². The number of imidazole rings is 1. The molecule has 0 atom stereocenters. The molecule has 1 fully saturated rings. The quantitative estimate of drug-likeness (QED) is 0.279. The molecule has 1 aliphatic rings. The number of nitrogens with one attached hydrogen (secondary N) is 3. The number of hydrogen-bond donors (Lipinski definition) is 3. The lowest BCUT2D eigenvalue weighted by Crippen LogP contribution is -2.28. The van der Waals surface area contributed by atoms with Gasteiger partial charge in [-0.2, -0.15) is 9.49 Å². The van der Waals surface area contributed by atoms with Gasteiger partial charge in [0.2, 0.25) is 5.91 Å². The van der Waals surface area contributed by atoms with Crippen molar-refractivity contribution in [3.63, 3.8) is 0 Å². The number of H-pyrrole nitrogens is 2. The molecule has 0 aliphatic heterocycles. The monoisotopic (exact) mass is 510 g/mol. The summed E-state index contributed by atoms with van der Waals surface area (Å²) in [6, 6.07) is 8.86. The van der Waals surface area contributed by atoms with Gasteiger partial charge in [-0.15, -0.1) is 11.3 Å². The Morgan fingerprint density at radius 2 is 1.95 bits per heavy atom. The summed E-state index contributed by atoms with van der Waals surface area (Å²) in [5.41, 5.74) is 5.52. The van der Waals surface area contributed by atoms with Gasteiger partial charge < -0.3 is 10.3 Å². The lowest BCUT2D eigenvalue weighted by atomic mass is 9.85. The van der Waals surface area contributed by atoms with Crippen molar-refractivity contribution in [3.8, 4) is 33.1 Å². The van der Waals surface area contributed by atoms with Gasteiger partial charge in [0.05, 0.1) is 17.3 Å². The summed E-state index contributed by atoms with van der Waals surface area (Å²) in [5, 5.41) is 10.9. The third-order valence-corrected chi connectivity index (χ3v) is 7.59. The molecule has 1 amide bonds. The number of rotatable bonds is 5. The maximum absolute atomic E-state index is 13.7. The molecule has 0 unspecified atom stereocenters. The molecule has 1 saturated carbocycles. The number of anilines is 1. The molecular formula is C26H19FN8OS. The van der Waals surface area contributed by atoms with E-state index in [4.69, 9.17) is 4.98 Å². The van der Waals surface area contributed by atoms with Gasteiger partial charge in [0.15, 0.2) is 22.2 Å². The summed E-state index contributed by atoms with van der Waals surface area (Å²) < 4.78 is 13.7. The molecule has 11 heteroatoms. The zero-order valence-electron chi connectivity index (χ0n) is 19.3. The summed E-state index contributed by atoms with van der Waals surface area (Å²) in [7, 11) is 0. The van der Waals surface area contributed by atoms with Crippen LogP contribution < -0.4 is 5.32 Å². The summed E-state index contributed by atoms with van der Waals surface area (Å²) in [5.74, 6) is 0.656. The maximum Gasteiger partial charge on any atom is 0.227 e. The van der Waals surface area contributed by atoms with Gasteiger partial charge in [0.25, 0.3) is 0 Å². The van der Waals surface area contributed by atoms with Crippen molar-refractivity contribution in [2.45, 2.75) is 19.3 Å². The summed E-state index contributed by atoms with van der Waals surface area (Å²) in [6.07, 6.45) is 9.76. The van der Waals surface area contributed by atoms with Crippen molar-refractivity contribution in [2.24, 2.45) is 5.92 Å². The van der Waals surface area contributed by atoms with Crippen LogP contribution in [0.25, 0.3) is 55.3 Å². The van der Waals surface area contributed by atoms with E-state index < -0.39 is 0 Å². The van der Waals surface area contributed by atoms with Crippen molar-refractivity contribution in [1.82, 2.24) is 35.1 Å². The molecule has 6 aromatic rings. The molecule has 0 bridgehead atoms. The molecule has 7 rings (SSSR count). The Morgan fingerprint density at radius 1 is 1.05 bits per heavy atom. The van der Waals surface area contributed by atoms with Gasteiger partial charge in [-0.25, -0.2) is 15.0 Å². The van der Waals surface area contributed by atoms with Crippen LogP contribution >= 0.6 is 11.3 Å². The third-order valence-electron chi connectivity index (χ3n) is 6.68. The maximum atomic E-state index is 13.7. The molecule has 6 aromatic heterocycles. The normalized spacial score (nSPS) is 13.8. The Labute approximate surface area is 213 Å². The van der Waals surface area contributed by atoms with Crippen LogP contribution in [0, 0.1) is 11.0 Å². The van der Waals surface area contributed by atoms with E-state index in [2.05, 4.69) is 35.5 Å². The van der Waals surface area contributed by atoms with Crippen molar-refractivity contribution in [1.29, 1.82) is 0 Å². The fourth-order valence-electron chi connectivity index (χ4n) is 4.50. The first-order chi connectivity index (χ1) is 18.1. The van der Waals surface area contributed by atoms with Gasteiger partial charge in [-0.1, -0.05) is 6.42 Å². The van der Waals surface area contributed by atoms with Crippen LogP contribution in [-0.2, 0) is 4.79 Å². The average Bonchev–Trinajstić information content (AvgIpc) is 3.60. The lowest BCUT2D eigenvalue weighted by molar-refractivity contribution is -0.122. The van der Waals surface area contributed by atoms with E-state index >= 15 is 0 Å². The number of hydrogen-bond acceptors (Lipinski definition) is 7.